The van der Waals surface area contributed by atoms with Crippen molar-refractivity contribution in [1.29, 1.82) is 0 Å². The minimum absolute atomic E-state index is 0.0609. The maximum absolute atomic E-state index is 12.3. The molecule has 6 nitrogen and oxygen atoms in total. The predicted molar refractivity (Wildman–Crippen MR) is 87.2 cm³/mol. The average molecular weight is 308 g/mol. The highest BCUT2D eigenvalue weighted by molar-refractivity contribution is 5.93. The van der Waals surface area contributed by atoms with Crippen molar-refractivity contribution in [1.82, 2.24) is 19.9 Å². The number of hydrogen-bond acceptors (Lipinski definition) is 4. The smallest absolute Gasteiger partial charge is 0.261 e. The minimum Gasteiger partial charge on any atom is -0.352 e. The summed E-state index contributed by atoms with van der Waals surface area (Å²) in [5, 5.41) is 3.42. The molecule has 0 aliphatic rings. The van der Waals surface area contributed by atoms with E-state index in [1.807, 2.05) is 18.2 Å². The summed E-state index contributed by atoms with van der Waals surface area (Å²) in [6, 6.07) is 10.7. The topological polar surface area (TPSA) is 76.9 Å². The standard InChI is InChI=1S/C17H16N4O2/c22-16(13-5-3-8-18-11-13)19-9-4-10-21-12-20-15-7-2-1-6-14(15)17(21)23/h1-3,5-8,11-12H,4,9-10H2,(H,19,22). The summed E-state index contributed by atoms with van der Waals surface area (Å²) in [7, 11) is 0. The molecule has 116 valence electrons. The van der Waals surface area contributed by atoms with Gasteiger partial charge in [-0.1, -0.05) is 12.1 Å². The van der Waals surface area contributed by atoms with Crippen LogP contribution in [0.4, 0.5) is 0 Å². The van der Waals surface area contributed by atoms with Gasteiger partial charge in [-0.05, 0) is 30.7 Å². The van der Waals surface area contributed by atoms with E-state index in [2.05, 4.69) is 15.3 Å². The van der Waals surface area contributed by atoms with Gasteiger partial charge in [-0.3, -0.25) is 19.1 Å². The summed E-state index contributed by atoms with van der Waals surface area (Å²) in [4.78, 5) is 32.3. The molecule has 2 aromatic heterocycles. The largest absolute Gasteiger partial charge is 0.352 e. The van der Waals surface area contributed by atoms with Crippen molar-refractivity contribution in [3.05, 3.63) is 71.0 Å². The quantitative estimate of drug-likeness (QED) is 0.727. The second kappa shape index (κ2) is 6.83. The van der Waals surface area contributed by atoms with Crippen molar-refractivity contribution in [2.75, 3.05) is 6.54 Å². The molecule has 23 heavy (non-hydrogen) atoms. The number of nitrogens with one attached hydrogen (secondary N) is 1. The van der Waals surface area contributed by atoms with Crippen LogP contribution < -0.4 is 10.9 Å². The number of hydrogen-bond donors (Lipinski definition) is 1. The lowest BCUT2D eigenvalue weighted by atomic mass is 10.2. The minimum atomic E-state index is -0.165. The van der Waals surface area contributed by atoms with E-state index in [9.17, 15) is 9.59 Å². The zero-order valence-corrected chi connectivity index (χ0v) is 12.5. The molecule has 0 aliphatic heterocycles. The Morgan fingerprint density at radius 1 is 1.17 bits per heavy atom. The van der Waals surface area contributed by atoms with Crippen molar-refractivity contribution in [2.45, 2.75) is 13.0 Å². The summed E-state index contributed by atoms with van der Waals surface area (Å²) in [5.41, 5.74) is 1.16. The van der Waals surface area contributed by atoms with E-state index in [-0.39, 0.29) is 11.5 Å². The van der Waals surface area contributed by atoms with Gasteiger partial charge in [0.2, 0.25) is 0 Å². The van der Waals surface area contributed by atoms with Crippen LogP contribution in [0.25, 0.3) is 10.9 Å². The monoisotopic (exact) mass is 308 g/mol. The van der Waals surface area contributed by atoms with Gasteiger partial charge in [-0.15, -0.1) is 0 Å². The van der Waals surface area contributed by atoms with Gasteiger partial charge in [-0.25, -0.2) is 4.98 Å². The lowest BCUT2D eigenvalue weighted by Gasteiger charge is -2.07. The van der Waals surface area contributed by atoms with Crippen LogP contribution in [-0.2, 0) is 6.54 Å². The number of carbonyl (C=O) groups is 1. The third-order valence-electron chi connectivity index (χ3n) is 3.52. The molecule has 1 aromatic carbocycles. The van der Waals surface area contributed by atoms with Crippen LogP contribution >= 0.6 is 0 Å². The molecule has 6 heteroatoms. The highest BCUT2D eigenvalue weighted by Gasteiger charge is 2.05. The molecule has 0 fully saturated rings. The molecule has 2 heterocycles. The number of aromatic nitrogens is 3. The van der Waals surface area contributed by atoms with Gasteiger partial charge in [0, 0.05) is 25.5 Å². The Labute approximate surface area is 132 Å². The predicted octanol–water partition coefficient (Wildman–Crippen LogP) is 1.61. The highest BCUT2D eigenvalue weighted by atomic mass is 16.1. The Morgan fingerprint density at radius 3 is 2.87 bits per heavy atom. The number of para-hydroxylation sites is 1. The van der Waals surface area contributed by atoms with Gasteiger partial charge in [-0.2, -0.15) is 0 Å². The average Bonchev–Trinajstić information content (AvgIpc) is 2.61. The Balaban J connectivity index is 1.58. The van der Waals surface area contributed by atoms with Crippen LogP contribution in [0.3, 0.4) is 0 Å². The fourth-order valence-corrected chi connectivity index (χ4v) is 2.32. The first-order chi connectivity index (χ1) is 11.3. The first-order valence-electron chi connectivity index (χ1n) is 7.38. The maximum atomic E-state index is 12.3. The number of benzene rings is 1. The van der Waals surface area contributed by atoms with Crippen LogP contribution in [0.15, 0.2) is 59.9 Å². The number of rotatable bonds is 5. The normalized spacial score (nSPS) is 10.6. The van der Waals surface area contributed by atoms with Gasteiger partial charge < -0.3 is 5.32 Å². The molecule has 0 aliphatic carbocycles. The molecule has 3 rings (SSSR count). The van der Waals surface area contributed by atoms with Crippen LogP contribution in [-0.4, -0.2) is 27.0 Å². The molecule has 1 N–H and O–H groups in total. The lowest BCUT2D eigenvalue weighted by molar-refractivity contribution is 0.0952. The van der Waals surface area contributed by atoms with Crippen molar-refractivity contribution < 1.29 is 4.79 Å². The molecule has 0 bridgehead atoms. The van der Waals surface area contributed by atoms with Crippen LogP contribution in [0.5, 0.6) is 0 Å². The third kappa shape index (κ3) is 3.42. The summed E-state index contributed by atoms with van der Waals surface area (Å²) in [6.45, 7) is 0.983. The molecule has 0 saturated carbocycles. The molecular weight excluding hydrogens is 292 g/mol. The highest BCUT2D eigenvalue weighted by Crippen LogP contribution is 2.04. The summed E-state index contributed by atoms with van der Waals surface area (Å²) >= 11 is 0. The Hall–Kier alpha value is -3.02. The second-order valence-corrected chi connectivity index (χ2v) is 5.11. The van der Waals surface area contributed by atoms with E-state index in [0.29, 0.717) is 36.0 Å². The Morgan fingerprint density at radius 2 is 2.04 bits per heavy atom. The number of amides is 1. The molecular formula is C17H16N4O2. The number of pyridine rings is 1. The van der Waals surface area contributed by atoms with Crippen molar-refractivity contribution in [2.24, 2.45) is 0 Å². The molecule has 0 atom stereocenters. The number of fused-ring (bicyclic) bond motifs is 1. The molecule has 3 aromatic rings. The van der Waals surface area contributed by atoms with E-state index in [0.717, 1.165) is 0 Å². The van der Waals surface area contributed by atoms with Crippen molar-refractivity contribution >= 4 is 16.8 Å². The van der Waals surface area contributed by atoms with Crippen LogP contribution in [0, 0.1) is 0 Å². The van der Waals surface area contributed by atoms with E-state index < -0.39 is 0 Å². The Bertz CT molecular complexity index is 874. The third-order valence-corrected chi connectivity index (χ3v) is 3.52. The molecule has 1 amide bonds. The maximum Gasteiger partial charge on any atom is 0.261 e. The molecule has 0 saturated heterocycles. The van der Waals surface area contributed by atoms with E-state index in [4.69, 9.17) is 0 Å². The Kier molecular flexibility index (Phi) is 4.42. The number of aryl methyl sites for hydroxylation is 1. The number of carbonyl (C=O) groups excluding carboxylic acids is 1. The van der Waals surface area contributed by atoms with Gasteiger partial charge in [0.25, 0.3) is 11.5 Å². The van der Waals surface area contributed by atoms with Gasteiger partial charge in [0.05, 0.1) is 22.8 Å². The number of nitrogens with zero attached hydrogens (tertiary/aromatic N) is 3. The first kappa shape index (κ1) is 14.9. The molecule has 0 radical (unpaired) electrons. The summed E-state index contributed by atoms with van der Waals surface area (Å²) in [5.74, 6) is -0.165. The summed E-state index contributed by atoms with van der Waals surface area (Å²) < 4.78 is 1.57. The SMILES string of the molecule is O=C(NCCCn1cnc2ccccc2c1=O)c1cccnc1. The van der Waals surface area contributed by atoms with E-state index in [1.54, 1.807) is 35.3 Å². The second-order valence-electron chi connectivity index (χ2n) is 5.11. The fraction of sp³-hybridized carbons (Fsp3) is 0.176. The summed E-state index contributed by atoms with van der Waals surface area (Å²) in [6.07, 6.45) is 5.34. The lowest BCUT2D eigenvalue weighted by Crippen LogP contribution is -2.27. The molecule has 0 unspecified atom stereocenters. The zero-order valence-electron chi connectivity index (χ0n) is 12.5. The van der Waals surface area contributed by atoms with Crippen LogP contribution in [0.1, 0.15) is 16.8 Å². The van der Waals surface area contributed by atoms with Gasteiger partial charge in [0.15, 0.2) is 0 Å². The van der Waals surface area contributed by atoms with Crippen molar-refractivity contribution in [3.8, 4) is 0 Å². The van der Waals surface area contributed by atoms with E-state index >= 15 is 0 Å². The molecule has 0 spiro atoms. The zero-order chi connectivity index (χ0) is 16.1. The van der Waals surface area contributed by atoms with Crippen molar-refractivity contribution in [3.63, 3.8) is 0 Å². The first-order valence-corrected chi connectivity index (χ1v) is 7.38. The van der Waals surface area contributed by atoms with Gasteiger partial charge in [0.1, 0.15) is 0 Å². The van der Waals surface area contributed by atoms with Gasteiger partial charge >= 0.3 is 0 Å². The van der Waals surface area contributed by atoms with E-state index in [1.165, 1.54) is 6.20 Å². The van der Waals surface area contributed by atoms with Crippen LogP contribution in [0.2, 0.25) is 0 Å². The fourth-order valence-electron chi connectivity index (χ4n) is 2.32.